The summed E-state index contributed by atoms with van der Waals surface area (Å²) in [7, 11) is 0. The van der Waals surface area contributed by atoms with Crippen LogP contribution < -0.4 is 5.32 Å². The summed E-state index contributed by atoms with van der Waals surface area (Å²) in [5.41, 5.74) is -0.523. The van der Waals surface area contributed by atoms with Gasteiger partial charge in [-0.05, 0) is 27.7 Å². The summed E-state index contributed by atoms with van der Waals surface area (Å²) in [6.45, 7) is 8.26. The Balaban J connectivity index is 2.80. The minimum absolute atomic E-state index is 0.0922. The fraction of sp³-hybridized carbons (Fsp3) is 0.750. The van der Waals surface area contributed by atoms with Crippen LogP contribution >= 0.6 is 0 Å². The number of hydrogen-bond acceptors (Lipinski definition) is 6. The highest BCUT2D eigenvalue weighted by atomic mass is 16.6. The van der Waals surface area contributed by atoms with Crippen molar-refractivity contribution >= 4 is 17.7 Å². The second-order valence-electron chi connectivity index (χ2n) is 4.91. The summed E-state index contributed by atoms with van der Waals surface area (Å²) in [6.07, 6.45) is 0. The molecule has 1 N–H and O–H groups in total. The van der Waals surface area contributed by atoms with Crippen LogP contribution in [0.4, 0.5) is 0 Å². The first kappa shape index (κ1) is 14.6. The Kier molecular flexibility index (Phi) is 4.84. The van der Waals surface area contributed by atoms with Crippen LogP contribution in [0.3, 0.4) is 0 Å². The molecule has 102 valence electrons. The van der Waals surface area contributed by atoms with Crippen LogP contribution in [0, 0.1) is 0 Å². The zero-order valence-electron chi connectivity index (χ0n) is 11.3. The van der Waals surface area contributed by atoms with Gasteiger partial charge in [-0.2, -0.15) is 0 Å². The second-order valence-corrected chi connectivity index (χ2v) is 4.91. The average molecular weight is 256 g/mol. The van der Waals surface area contributed by atoms with Crippen LogP contribution in [0.1, 0.15) is 27.7 Å². The standard InChI is InChI=1S/C12H20N2O4/c1-5-17-10(15)8-9(14-7-6-13-8)11(16)18-12(2,3)4/h8,13H,5-7H2,1-4H3. The van der Waals surface area contributed by atoms with E-state index in [9.17, 15) is 9.59 Å². The maximum absolute atomic E-state index is 11.9. The number of aliphatic imine (C=N–C) groups is 1. The van der Waals surface area contributed by atoms with E-state index in [4.69, 9.17) is 9.47 Å². The smallest absolute Gasteiger partial charge is 0.355 e. The summed E-state index contributed by atoms with van der Waals surface area (Å²) in [5, 5.41) is 2.91. The number of hydrogen-bond donors (Lipinski definition) is 1. The van der Waals surface area contributed by atoms with E-state index in [0.29, 0.717) is 13.1 Å². The predicted molar refractivity (Wildman–Crippen MR) is 66.6 cm³/mol. The molecule has 1 aliphatic heterocycles. The van der Waals surface area contributed by atoms with E-state index >= 15 is 0 Å². The second kappa shape index (κ2) is 5.95. The normalized spacial score (nSPS) is 20.0. The SMILES string of the molecule is CCOC(=O)C1NCCN=C1C(=O)OC(C)(C)C. The largest absolute Gasteiger partial charge is 0.465 e. The van der Waals surface area contributed by atoms with Crippen LogP contribution in [-0.4, -0.2) is 49.0 Å². The third-order valence-corrected chi connectivity index (χ3v) is 2.15. The highest BCUT2D eigenvalue weighted by molar-refractivity contribution is 6.42. The van der Waals surface area contributed by atoms with Crippen LogP contribution in [0.15, 0.2) is 4.99 Å². The van der Waals surface area contributed by atoms with Crippen molar-refractivity contribution in [3.8, 4) is 0 Å². The highest BCUT2D eigenvalue weighted by Crippen LogP contribution is 2.10. The Morgan fingerprint density at radius 3 is 2.67 bits per heavy atom. The molecule has 0 aliphatic carbocycles. The van der Waals surface area contributed by atoms with Gasteiger partial charge in [-0.25, -0.2) is 9.59 Å². The fourth-order valence-corrected chi connectivity index (χ4v) is 1.51. The lowest BCUT2D eigenvalue weighted by molar-refractivity contribution is -0.149. The molecule has 0 fully saturated rings. The van der Waals surface area contributed by atoms with Gasteiger partial charge in [0.2, 0.25) is 0 Å². The zero-order chi connectivity index (χ0) is 13.8. The molecule has 0 aromatic carbocycles. The molecular formula is C12H20N2O4. The molecule has 6 heteroatoms. The number of nitrogens with one attached hydrogen (secondary N) is 1. The lowest BCUT2D eigenvalue weighted by Crippen LogP contribution is -2.52. The Morgan fingerprint density at radius 2 is 2.11 bits per heavy atom. The number of ether oxygens (including phenoxy) is 2. The van der Waals surface area contributed by atoms with Crippen molar-refractivity contribution in [2.24, 2.45) is 4.99 Å². The molecule has 18 heavy (non-hydrogen) atoms. The van der Waals surface area contributed by atoms with Gasteiger partial charge in [0, 0.05) is 6.54 Å². The van der Waals surface area contributed by atoms with Crippen molar-refractivity contribution < 1.29 is 19.1 Å². The number of nitrogens with zero attached hydrogens (tertiary/aromatic N) is 1. The van der Waals surface area contributed by atoms with Gasteiger partial charge in [-0.15, -0.1) is 0 Å². The maximum atomic E-state index is 11.9. The fourth-order valence-electron chi connectivity index (χ4n) is 1.51. The van der Waals surface area contributed by atoms with Crippen molar-refractivity contribution in [2.75, 3.05) is 19.7 Å². The van der Waals surface area contributed by atoms with E-state index in [0.717, 1.165) is 0 Å². The van der Waals surface area contributed by atoms with Gasteiger partial charge >= 0.3 is 11.9 Å². The van der Waals surface area contributed by atoms with Gasteiger partial charge in [-0.1, -0.05) is 0 Å². The summed E-state index contributed by atoms with van der Waals surface area (Å²) >= 11 is 0. The monoisotopic (exact) mass is 256 g/mol. The lowest BCUT2D eigenvalue weighted by atomic mass is 10.1. The van der Waals surface area contributed by atoms with Crippen LogP contribution in [0.2, 0.25) is 0 Å². The van der Waals surface area contributed by atoms with Gasteiger partial charge in [-0.3, -0.25) is 10.3 Å². The zero-order valence-corrected chi connectivity index (χ0v) is 11.3. The number of esters is 2. The Labute approximate surface area is 107 Å². The molecule has 0 aromatic rings. The average Bonchev–Trinajstić information content (AvgIpc) is 2.27. The first-order valence-corrected chi connectivity index (χ1v) is 6.03. The number of rotatable bonds is 3. The van der Waals surface area contributed by atoms with E-state index in [2.05, 4.69) is 10.3 Å². The molecule has 1 rings (SSSR count). The van der Waals surface area contributed by atoms with E-state index in [-0.39, 0.29) is 12.3 Å². The van der Waals surface area contributed by atoms with Gasteiger partial charge < -0.3 is 9.47 Å². The Morgan fingerprint density at radius 1 is 1.44 bits per heavy atom. The van der Waals surface area contributed by atoms with Crippen LogP contribution in [-0.2, 0) is 19.1 Å². The molecule has 6 nitrogen and oxygen atoms in total. The Bertz CT molecular complexity index is 358. The molecule has 0 aromatic heterocycles. The summed E-state index contributed by atoms with van der Waals surface area (Å²) in [4.78, 5) is 27.7. The van der Waals surface area contributed by atoms with E-state index in [1.807, 2.05) is 0 Å². The lowest BCUT2D eigenvalue weighted by Gasteiger charge is -2.25. The highest BCUT2D eigenvalue weighted by Gasteiger charge is 2.34. The molecule has 1 heterocycles. The molecule has 0 saturated carbocycles. The van der Waals surface area contributed by atoms with Crippen molar-refractivity contribution in [3.63, 3.8) is 0 Å². The molecule has 0 spiro atoms. The van der Waals surface area contributed by atoms with Gasteiger partial charge in [0.05, 0.1) is 13.2 Å². The summed E-state index contributed by atoms with van der Waals surface area (Å²) in [6, 6.07) is -0.825. The molecule has 0 radical (unpaired) electrons. The number of carbonyl (C=O) groups excluding carboxylic acids is 2. The van der Waals surface area contributed by atoms with Crippen molar-refractivity contribution in [2.45, 2.75) is 39.3 Å². The minimum atomic E-state index is -0.825. The van der Waals surface area contributed by atoms with Gasteiger partial charge in [0.15, 0.2) is 6.04 Å². The quantitative estimate of drug-likeness (QED) is 0.735. The first-order chi connectivity index (χ1) is 8.35. The number of carbonyl (C=O) groups is 2. The van der Waals surface area contributed by atoms with Gasteiger partial charge in [0.25, 0.3) is 0 Å². The Hall–Kier alpha value is -1.43. The maximum Gasteiger partial charge on any atom is 0.355 e. The molecule has 1 aliphatic rings. The van der Waals surface area contributed by atoms with E-state index < -0.39 is 23.6 Å². The topological polar surface area (TPSA) is 77.0 Å². The van der Waals surface area contributed by atoms with Crippen LogP contribution in [0.5, 0.6) is 0 Å². The third kappa shape index (κ3) is 4.10. The van der Waals surface area contributed by atoms with Crippen LogP contribution in [0.25, 0.3) is 0 Å². The van der Waals surface area contributed by atoms with Crippen molar-refractivity contribution in [3.05, 3.63) is 0 Å². The molecule has 1 unspecified atom stereocenters. The minimum Gasteiger partial charge on any atom is -0.465 e. The van der Waals surface area contributed by atoms with Crippen molar-refractivity contribution in [1.82, 2.24) is 5.32 Å². The van der Waals surface area contributed by atoms with Gasteiger partial charge in [0.1, 0.15) is 11.3 Å². The van der Waals surface area contributed by atoms with E-state index in [1.54, 1.807) is 27.7 Å². The summed E-state index contributed by atoms with van der Waals surface area (Å²) < 4.78 is 10.1. The molecular weight excluding hydrogens is 236 g/mol. The predicted octanol–water partition coefficient (Wildman–Crippen LogP) is 0.304. The molecule has 0 saturated heterocycles. The van der Waals surface area contributed by atoms with Crippen molar-refractivity contribution in [1.29, 1.82) is 0 Å². The summed E-state index contributed by atoms with van der Waals surface area (Å²) in [5.74, 6) is -1.07. The molecule has 1 atom stereocenters. The molecule has 0 amide bonds. The third-order valence-electron chi connectivity index (χ3n) is 2.15. The first-order valence-electron chi connectivity index (χ1n) is 6.03. The molecule has 0 bridgehead atoms. The van der Waals surface area contributed by atoms with E-state index in [1.165, 1.54) is 0 Å².